The van der Waals surface area contributed by atoms with E-state index in [1.54, 1.807) is 6.20 Å². The first-order chi connectivity index (χ1) is 13.3. The van der Waals surface area contributed by atoms with Crippen molar-refractivity contribution in [3.8, 4) is 11.3 Å². The number of carbonyl (C=O) groups is 1. The number of para-hydroxylation sites is 1. The molecule has 0 radical (unpaired) electrons. The highest BCUT2D eigenvalue weighted by Crippen LogP contribution is 2.35. The number of rotatable bonds is 6. The number of carbonyl (C=O) groups excluding carboxylic acids is 1. The minimum Gasteiger partial charge on any atom is -0.340 e. The fraction of sp³-hybridized carbons (Fsp3) is 0.130. The molecule has 3 nitrogen and oxygen atoms in total. The van der Waals surface area contributed by atoms with Gasteiger partial charge in [0, 0.05) is 23.6 Å². The van der Waals surface area contributed by atoms with Crippen molar-refractivity contribution in [1.29, 1.82) is 0 Å². The average Bonchev–Trinajstić information content (AvgIpc) is 3.08. The smallest absolute Gasteiger partial charge is 0.175 e. The Morgan fingerprint density at radius 3 is 2.44 bits per heavy atom. The van der Waals surface area contributed by atoms with E-state index in [4.69, 9.17) is 0 Å². The van der Waals surface area contributed by atoms with Crippen LogP contribution in [0.5, 0.6) is 0 Å². The molecule has 0 saturated carbocycles. The van der Waals surface area contributed by atoms with Crippen LogP contribution in [0.3, 0.4) is 0 Å². The predicted octanol–water partition coefficient (Wildman–Crippen LogP) is 5.70. The third-order valence-electron chi connectivity index (χ3n) is 4.60. The highest BCUT2D eigenvalue weighted by Gasteiger charge is 2.22. The third-order valence-corrected chi connectivity index (χ3v) is 5.55. The molecule has 4 rings (SSSR count). The number of nitrogens with zero attached hydrogens (tertiary/aromatic N) is 2. The summed E-state index contributed by atoms with van der Waals surface area (Å²) in [6.07, 6.45) is 1.76. The van der Waals surface area contributed by atoms with Crippen LogP contribution in [0.1, 0.15) is 17.3 Å². The van der Waals surface area contributed by atoms with Crippen molar-refractivity contribution in [3.05, 3.63) is 84.6 Å². The van der Waals surface area contributed by atoms with Crippen molar-refractivity contribution in [1.82, 2.24) is 9.55 Å². The van der Waals surface area contributed by atoms with Gasteiger partial charge in [-0.25, -0.2) is 4.98 Å². The summed E-state index contributed by atoms with van der Waals surface area (Å²) in [5, 5.41) is 1.89. The first kappa shape index (κ1) is 17.6. The van der Waals surface area contributed by atoms with Gasteiger partial charge in [0.2, 0.25) is 0 Å². The van der Waals surface area contributed by atoms with E-state index in [2.05, 4.69) is 34.7 Å². The van der Waals surface area contributed by atoms with Crippen LogP contribution in [0, 0.1) is 0 Å². The Bertz CT molecular complexity index is 1070. The molecule has 0 atom stereocenters. The molecule has 134 valence electrons. The Labute approximate surface area is 163 Å². The van der Waals surface area contributed by atoms with Crippen LogP contribution in [0.2, 0.25) is 0 Å². The van der Waals surface area contributed by atoms with Crippen molar-refractivity contribution in [3.63, 3.8) is 0 Å². The van der Waals surface area contributed by atoms with Gasteiger partial charge in [-0.3, -0.25) is 4.79 Å². The number of Topliss-reactive ketones (excluding diaryl/α,β-unsaturated/α-hetero) is 1. The van der Waals surface area contributed by atoms with Gasteiger partial charge in [0.15, 0.2) is 5.78 Å². The van der Waals surface area contributed by atoms with E-state index in [9.17, 15) is 4.79 Å². The summed E-state index contributed by atoms with van der Waals surface area (Å²) in [5.74, 6) is 0.502. The summed E-state index contributed by atoms with van der Waals surface area (Å²) < 4.78 is 2.24. The summed E-state index contributed by atoms with van der Waals surface area (Å²) in [5.41, 5.74) is 3.99. The van der Waals surface area contributed by atoms with Gasteiger partial charge >= 0.3 is 0 Å². The van der Waals surface area contributed by atoms with Crippen LogP contribution in [0.25, 0.3) is 22.2 Å². The molecular formula is C23H20N2OS. The van der Waals surface area contributed by atoms with Crippen LogP contribution >= 0.6 is 11.8 Å². The maximum absolute atomic E-state index is 13.3. The lowest BCUT2D eigenvalue weighted by Crippen LogP contribution is -2.06. The van der Waals surface area contributed by atoms with Gasteiger partial charge in [-0.1, -0.05) is 66.4 Å². The number of hydrogen-bond donors (Lipinski definition) is 0. The number of thioether (sulfide) groups is 1. The van der Waals surface area contributed by atoms with E-state index >= 15 is 0 Å². The van der Waals surface area contributed by atoms with E-state index < -0.39 is 0 Å². The topological polar surface area (TPSA) is 34.9 Å². The lowest BCUT2D eigenvalue weighted by atomic mass is 10.0. The number of ketones is 1. The van der Waals surface area contributed by atoms with E-state index in [0.717, 1.165) is 39.3 Å². The lowest BCUT2D eigenvalue weighted by Gasteiger charge is -2.10. The van der Waals surface area contributed by atoms with Crippen LogP contribution in [-0.2, 0) is 6.54 Å². The zero-order chi connectivity index (χ0) is 18.6. The molecule has 4 aromatic rings. The number of aryl methyl sites for hydroxylation is 1. The number of aromatic nitrogens is 2. The Hall–Kier alpha value is -2.85. The Morgan fingerprint density at radius 1 is 0.963 bits per heavy atom. The highest BCUT2D eigenvalue weighted by molar-refractivity contribution is 7.99. The maximum atomic E-state index is 13.3. The molecule has 0 amide bonds. The van der Waals surface area contributed by atoms with Crippen molar-refractivity contribution >= 4 is 28.4 Å². The van der Waals surface area contributed by atoms with Gasteiger partial charge in [0.1, 0.15) is 0 Å². The Balaban J connectivity index is 1.82. The van der Waals surface area contributed by atoms with Crippen molar-refractivity contribution in [2.45, 2.75) is 18.5 Å². The Morgan fingerprint density at radius 2 is 1.70 bits per heavy atom. The molecular weight excluding hydrogens is 352 g/mol. The second-order valence-electron chi connectivity index (χ2n) is 6.23. The fourth-order valence-corrected chi connectivity index (χ4v) is 4.19. The van der Waals surface area contributed by atoms with Crippen molar-refractivity contribution < 1.29 is 4.79 Å². The minimum atomic E-state index is 0.132. The summed E-state index contributed by atoms with van der Waals surface area (Å²) in [6.45, 7) is 2.93. The summed E-state index contributed by atoms with van der Waals surface area (Å²) in [6, 6.07) is 24.1. The predicted molar refractivity (Wildman–Crippen MR) is 112 cm³/mol. The maximum Gasteiger partial charge on any atom is 0.175 e. The lowest BCUT2D eigenvalue weighted by molar-refractivity contribution is 0.102. The van der Waals surface area contributed by atoms with Crippen LogP contribution in [0.4, 0.5) is 0 Å². The molecule has 2 aromatic carbocycles. The van der Waals surface area contributed by atoms with Crippen LogP contribution in [0.15, 0.2) is 84.0 Å². The normalized spacial score (nSPS) is 11.0. The molecule has 27 heavy (non-hydrogen) atoms. The molecule has 0 saturated heterocycles. The molecule has 0 unspecified atom stereocenters. The zero-order valence-electron chi connectivity index (χ0n) is 15.1. The highest BCUT2D eigenvalue weighted by atomic mass is 32.2. The molecule has 0 N–H and O–H groups in total. The van der Waals surface area contributed by atoms with Gasteiger partial charge < -0.3 is 4.57 Å². The van der Waals surface area contributed by atoms with E-state index in [0.29, 0.717) is 5.75 Å². The molecule has 0 aliphatic carbocycles. The number of benzene rings is 2. The van der Waals surface area contributed by atoms with E-state index in [1.807, 2.05) is 54.6 Å². The summed E-state index contributed by atoms with van der Waals surface area (Å²) in [7, 11) is 0. The van der Waals surface area contributed by atoms with Gasteiger partial charge in [-0.2, -0.15) is 0 Å². The Kier molecular flexibility index (Phi) is 5.07. The third kappa shape index (κ3) is 3.40. The standard InChI is InChI=1S/C23H20N2OS/c1-2-25-19-13-7-6-12-18(19)22(23(25)17-10-4-3-5-11-17)20(26)16-27-21-14-8-9-15-24-21/h3-15H,2,16H2,1H3. The zero-order valence-corrected chi connectivity index (χ0v) is 15.9. The first-order valence-electron chi connectivity index (χ1n) is 9.03. The molecule has 0 aliphatic rings. The summed E-state index contributed by atoms with van der Waals surface area (Å²) in [4.78, 5) is 17.6. The van der Waals surface area contributed by atoms with Crippen molar-refractivity contribution in [2.24, 2.45) is 0 Å². The van der Waals surface area contributed by atoms with Crippen LogP contribution in [-0.4, -0.2) is 21.1 Å². The summed E-state index contributed by atoms with van der Waals surface area (Å²) >= 11 is 1.48. The second kappa shape index (κ2) is 7.80. The van der Waals surface area contributed by atoms with E-state index in [-0.39, 0.29) is 5.78 Å². The number of pyridine rings is 1. The molecule has 2 heterocycles. The van der Waals surface area contributed by atoms with Gasteiger partial charge in [0.05, 0.1) is 22.0 Å². The monoisotopic (exact) mass is 372 g/mol. The number of fused-ring (bicyclic) bond motifs is 1. The number of hydrogen-bond acceptors (Lipinski definition) is 3. The van der Waals surface area contributed by atoms with E-state index in [1.165, 1.54) is 11.8 Å². The van der Waals surface area contributed by atoms with Gasteiger partial charge in [-0.05, 0) is 30.7 Å². The van der Waals surface area contributed by atoms with Crippen LogP contribution < -0.4 is 0 Å². The average molecular weight is 372 g/mol. The molecule has 0 aliphatic heterocycles. The fourth-order valence-electron chi connectivity index (χ4n) is 3.45. The van der Waals surface area contributed by atoms with Gasteiger partial charge in [-0.15, -0.1) is 0 Å². The largest absolute Gasteiger partial charge is 0.340 e. The second-order valence-corrected chi connectivity index (χ2v) is 7.23. The molecule has 4 heteroatoms. The minimum absolute atomic E-state index is 0.132. The molecule has 0 spiro atoms. The van der Waals surface area contributed by atoms with Crippen molar-refractivity contribution in [2.75, 3.05) is 5.75 Å². The SMILES string of the molecule is CCn1c(-c2ccccc2)c(C(=O)CSc2ccccn2)c2ccccc21. The van der Waals surface area contributed by atoms with Gasteiger partial charge in [0.25, 0.3) is 0 Å². The molecule has 2 aromatic heterocycles. The first-order valence-corrected chi connectivity index (χ1v) is 10.0. The quantitative estimate of drug-likeness (QED) is 0.322. The molecule has 0 bridgehead atoms. The molecule has 0 fully saturated rings.